The van der Waals surface area contributed by atoms with Crippen LogP contribution in [0.4, 0.5) is 13.2 Å². The minimum absolute atomic E-state index is 0.292. The number of rotatable bonds is 3. The van der Waals surface area contributed by atoms with Crippen molar-refractivity contribution in [2.45, 2.75) is 12.8 Å². The second-order valence-electron chi connectivity index (χ2n) is 4.17. The SMILES string of the molecule is O=C1NCCC[C@H]1C(=O)OOc1cc(F)c(F)c(F)c1. The van der Waals surface area contributed by atoms with Gasteiger partial charge >= 0.3 is 5.97 Å². The van der Waals surface area contributed by atoms with E-state index in [-0.39, 0.29) is 0 Å². The third-order valence-corrected chi connectivity index (χ3v) is 2.75. The zero-order chi connectivity index (χ0) is 14.7. The number of hydrogen-bond donors (Lipinski definition) is 1. The average Bonchev–Trinajstić information content (AvgIpc) is 2.42. The third kappa shape index (κ3) is 3.01. The van der Waals surface area contributed by atoms with Gasteiger partial charge in [0.25, 0.3) is 0 Å². The van der Waals surface area contributed by atoms with Gasteiger partial charge in [-0.1, -0.05) is 0 Å². The topological polar surface area (TPSA) is 64.6 Å². The van der Waals surface area contributed by atoms with E-state index in [0.717, 1.165) is 0 Å². The number of benzene rings is 1. The first-order valence-electron chi connectivity index (χ1n) is 5.79. The average molecular weight is 289 g/mol. The number of piperidine rings is 1. The Hall–Kier alpha value is -2.25. The molecule has 2 rings (SSSR count). The predicted molar refractivity (Wildman–Crippen MR) is 58.8 cm³/mol. The van der Waals surface area contributed by atoms with Crippen LogP contribution in [0.5, 0.6) is 5.75 Å². The molecule has 0 bridgehead atoms. The highest BCUT2D eigenvalue weighted by molar-refractivity contribution is 5.98. The minimum Gasteiger partial charge on any atom is -0.355 e. The van der Waals surface area contributed by atoms with E-state index < -0.39 is 41.0 Å². The highest BCUT2D eigenvalue weighted by Crippen LogP contribution is 2.20. The number of hydrogen-bond acceptors (Lipinski definition) is 4. The Kier molecular flexibility index (Phi) is 4.11. The lowest BCUT2D eigenvalue weighted by Gasteiger charge is -2.19. The standard InChI is InChI=1S/C12H10F3NO4/c13-8-4-6(5-9(14)10(8)15)19-20-12(18)7-2-1-3-16-11(7)17/h4-5,7H,1-3H2,(H,16,17)/t7-/m1/s1. The molecule has 1 aliphatic rings. The van der Waals surface area contributed by atoms with E-state index in [1.54, 1.807) is 0 Å². The summed E-state index contributed by atoms with van der Waals surface area (Å²) in [4.78, 5) is 31.7. The summed E-state index contributed by atoms with van der Waals surface area (Å²) in [5.74, 6) is -7.65. The lowest BCUT2D eigenvalue weighted by Crippen LogP contribution is -2.41. The van der Waals surface area contributed by atoms with Crippen molar-refractivity contribution in [2.24, 2.45) is 5.92 Å². The molecule has 1 saturated heterocycles. The quantitative estimate of drug-likeness (QED) is 0.396. The summed E-state index contributed by atoms with van der Waals surface area (Å²) >= 11 is 0. The van der Waals surface area contributed by atoms with Gasteiger partial charge < -0.3 is 5.32 Å². The van der Waals surface area contributed by atoms with Crippen LogP contribution in [0, 0.1) is 23.4 Å². The Morgan fingerprint density at radius 1 is 1.25 bits per heavy atom. The van der Waals surface area contributed by atoms with Crippen molar-refractivity contribution in [1.82, 2.24) is 5.32 Å². The molecule has 108 valence electrons. The minimum atomic E-state index is -1.66. The van der Waals surface area contributed by atoms with Gasteiger partial charge in [-0.15, -0.1) is 0 Å². The van der Waals surface area contributed by atoms with E-state index in [4.69, 9.17) is 0 Å². The normalized spacial score (nSPS) is 18.4. The fraction of sp³-hybridized carbons (Fsp3) is 0.333. The van der Waals surface area contributed by atoms with Crippen LogP contribution in [0.3, 0.4) is 0 Å². The van der Waals surface area contributed by atoms with Crippen molar-refractivity contribution in [2.75, 3.05) is 6.54 Å². The lowest BCUT2D eigenvalue weighted by atomic mass is 9.99. The molecule has 1 aromatic rings. The monoisotopic (exact) mass is 289 g/mol. The van der Waals surface area contributed by atoms with Gasteiger partial charge in [-0.2, -0.15) is 0 Å². The Bertz CT molecular complexity index is 526. The third-order valence-electron chi connectivity index (χ3n) is 2.75. The first-order chi connectivity index (χ1) is 9.49. The molecule has 1 heterocycles. The van der Waals surface area contributed by atoms with E-state index in [1.165, 1.54) is 0 Å². The summed E-state index contributed by atoms with van der Waals surface area (Å²) in [6, 6.07) is 1.04. The molecular weight excluding hydrogens is 279 g/mol. The molecular formula is C12H10F3NO4. The van der Waals surface area contributed by atoms with Gasteiger partial charge in [-0.05, 0) is 12.8 Å². The second-order valence-corrected chi connectivity index (χ2v) is 4.17. The number of amides is 1. The first kappa shape index (κ1) is 14.2. The molecule has 0 unspecified atom stereocenters. The summed E-state index contributed by atoms with van der Waals surface area (Å²) in [5, 5.41) is 2.47. The van der Waals surface area contributed by atoms with Crippen LogP contribution in [0.25, 0.3) is 0 Å². The molecule has 0 aromatic heterocycles. The molecule has 0 radical (unpaired) electrons. The Balaban J connectivity index is 1.98. The van der Waals surface area contributed by atoms with E-state index in [1.807, 2.05) is 0 Å². The fourth-order valence-electron chi connectivity index (χ4n) is 1.72. The summed E-state index contributed by atoms with van der Waals surface area (Å²) in [7, 11) is 0. The van der Waals surface area contributed by atoms with E-state index in [2.05, 4.69) is 15.1 Å². The van der Waals surface area contributed by atoms with Gasteiger partial charge in [0.05, 0.1) is 0 Å². The first-order valence-corrected chi connectivity index (χ1v) is 5.79. The van der Waals surface area contributed by atoms with Gasteiger partial charge in [0.2, 0.25) is 5.91 Å². The molecule has 1 fully saturated rings. The molecule has 0 saturated carbocycles. The maximum Gasteiger partial charge on any atom is 0.367 e. The van der Waals surface area contributed by atoms with Gasteiger partial charge in [0.1, 0.15) is 5.92 Å². The van der Waals surface area contributed by atoms with Crippen LogP contribution < -0.4 is 10.2 Å². The predicted octanol–water partition coefficient (Wildman–Crippen LogP) is 1.47. The molecule has 0 spiro atoms. The fourth-order valence-corrected chi connectivity index (χ4v) is 1.72. The van der Waals surface area contributed by atoms with Gasteiger partial charge in [0, 0.05) is 18.7 Å². The van der Waals surface area contributed by atoms with E-state index in [0.29, 0.717) is 31.5 Å². The summed E-state index contributed by atoms with van der Waals surface area (Å²) < 4.78 is 38.4. The Labute approximate surface area is 111 Å². The van der Waals surface area contributed by atoms with E-state index in [9.17, 15) is 22.8 Å². The van der Waals surface area contributed by atoms with Crippen LogP contribution in [0.1, 0.15) is 12.8 Å². The Morgan fingerprint density at radius 2 is 1.90 bits per heavy atom. The van der Waals surface area contributed by atoms with E-state index >= 15 is 0 Å². The van der Waals surface area contributed by atoms with Crippen LogP contribution in [0.15, 0.2) is 12.1 Å². The second kappa shape index (κ2) is 5.81. The highest BCUT2D eigenvalue weighted by atomic mass is 19.2. The van der Waals surface area contributed by atoms with Gasteiger partial charge in [-0.25, -0.2) is 22.9 Å². The van der Waals surface area contributed by atoms with Crippen molar-refractivity contribution in [1.29, 1.82) is 0 Å². The number of carbonyl (C=O) groups is 2. The molecule has 1 amide bonds. The summed E-state index contributed by atoms with van der Waals surface area (Å²) in [6.07, 6.45) is 0.894. The summed E-state index contributed by atoms with van der Waals surface area (Å²) in [5.41, 5.74) is 0. The zero-order valence-corrected chi connectivity index (χ0v) is 10.1. The molecule has 0 aliphatic carbocycles. The molecule has 20 heavy (non-hydrogen) atoms. The molecule has 1 aromatic carbocycles. The van der Waals surface area contributed by atoms with Crippen LogP contribution >= 0.6 is 0 Å². The van der Waals surface area contributed by atoms with Crippen molar-refractivity contribution < 1.29 is 32.5 Å². The van der Waals surface area contributed by atoms with Crippen molar-refractivity contribution >= 4 is 11.9 Å². The van der Waals surface area contributed by atoms with Crippen LogP contribution in [0.2, 0.25) is 0 Å². The lowest BCUT2D eigenvalue weighted by molar-refractivity contribution is -0.219. The van der Waals surface area contributed by atoms with Crippen molar-refractivity contribution in [3.8, 4) is 5.75 Å². The maximum atomic E-state index is 12.9. The van der Waals surface area contributed by atoms with Crippen LogP contribution in [-0.4, -0.2) is 18.4 Å². The Morgan fingerprint density at radius 3 is 2.50 bits per heavy atom. The molecule has 1 aliphatic heterocycles. The molecule has 5 nitrogen and oxygen atoms in total. The van der Waals surface area contributed by atoms with Gasteiger partial charge in [-0.3, -0.25) is 9.68 Å². The number of nitrogens with one attached hydrogen (secondary N) is 1. The zero-order valence-electron chi connectivity index (χ0n) is 10.1. The number of halogens is 3. The molecule has 1 atom stereocenters. The number of carbonyl (C=O) groups excluding carboxylic acids is 2. The van der Waals surface area contributed by atoms with Crippen LogP contribution in [-0.2, 0) is 14.5 Å². The summed E-state index contributed by atoms with van der Waals surface area (Å²) in [6.45, 7) is 0.470. The van der Waals surface area contributed by atoms with Crippen molar-refractivity contribution in [3.05, 3.63) is 29.6 Å². The van der Waals surface area contributed by atoms with Gasteiger partial charge in [0.15, 0.2) is 23.2 Å². The highest BCUT2D eigenvalue weighted by Gasteiger charge is 2.31. The van der Waals surface area contributed by atoms with Crippen molar-refractivity contribution in [3.63, 3.8) is 0 Å². The molecule has 1 N–H and O–H groups in total. The maximum absolute atomic E-state index is 12.9. The molecule has 8 heteroatoms. The smallest absolute Gasteiger partial charge is 0.355 e. The largest absolute Gasteiger partial charge is 0.367 e.